The fraction of sp³-hybridized carbons (Fsp3) is 0.462. The molecule has 0 fully saturated rings. The summed E-state index contributed by atoms with van der Waals surface area (Å²) in [5, 5.41) is 0. The molecule has 0 spiro atoms. The third-order valence-corrected chi connectivity index (χ3v) is 2.85. The second-order valence-electron chi connectivity index (χ2n) is 3.94. The van der Waals surface area contributed by atoms with Crippen molar-refractivity contribution in [1.82, 2.24) is 0 Å². The summed E-state index contributed by atoms with van der Waals surface area (Å²) in [5.74, 6) is 1.33. The van der Waals surface area contributed by atoms with Gasteiger partial charge in [-0.1, -0.05) is 0 Å². The molecular weight excluding hydrogens is 232 g/mol. The Morgan fingerprint density at radius 3 is 2.50 bits per heavy atom. The maximum absolute atomic E-state index is 11.8. The van der Waals surface area contributed by atoms with E-state index < -0.39 is 0 Å². The maximum atomic E-state index is 11.8. The number of anilines is 1. The molecule has 0 aliphatic rings. The van der Waals surface area contributed by atoms with Gasteiger partial charge in [-0.15, -0.1) is 0 Å². The highest BCUT2D eigenvalue weighted by atomic mass is 16.5. The highest BCUT2D eigenvalue weighted by Crippen LogP contribution is 2.36. The summed E-state index contributed by atoms with van der Waals surface area (Å²) in [6, 6.07) is 3.62. The quantitative estimate of drug-likeness (QED) is 0.858. The van der Waals surface area contributed by atoms with Crippen LogP contribution < -0.4 is 20.1 Å². The van der Waals surface area contributed by atoms with Gasteiger partial charge in [0.1, 0.15) is 11.5 Å². The van der Waals surface area contributed by atoms with E-state index in [2.05, 4.69) is 0 Å². The zero-order valence-electron chi connectivity index (χ0n) is 11.3. The zero-order valence-corrected chi connectivity index (χ0v) is 11.3. The molecule has 1 aromatic rings. The summed E-state index contributed by atoms with van der Waals surface area (Å²) in [4.78, 5) is 13.4. The predicted molar refractivity (Wildman–Crippen MR) is 71.4 cm³/mol. The number of carbonyl (C=O) groups is 1. The number of ether oxygens (including phenoxy) is 2. The third-order valence-electron chi connectivity index (χ3n) is 2.85. The average molecular weight is 252 g/mol. The number of nitrogens with zero attached hydrogens (tertiary/aromatic N) is 1. The zero-order chi connectivity index (χ0) is 13.7. The highest BCUT2D eigenvalue weighted by molar-refractivity contribution is 5.94. The van der Waals surface area contributed by atoms with Crippen LogP contribution in [0.1, 0.15) is 12.0 Å². The molecule has 0 radical (unpaired) electrons. The highest BCUT2D eigenvalue weighted by Gasteiger charge is 2.18. The van der Waals surface area contributed by atoms with Gasteiger partial charge in [-0.2, -0.15) is 0 Å². The first-order valence-electron chi connectivity index (χ1n) is 5.75. The van der Waals surface area contributed by atoms with E-state index in [9.17, 15) is 4.79 Å². The Morgan fingerprint density at radius 1 is 1.33 bits per heavy atom. The molecule has 0 atom stereocenters. The summed E-state index contributed by atoms with van der Waals surface area (Å²) in [6.45, 7) is 2.23. The fourth-order valence-corrected chi connectivity index (χ4v) is 1.83. The number of amides is 1. The van der Waals surface area contributed by atoms with Gasteiger partial charge < -0.3 is 20.1 Å². The van der Waals surface area contributed by atoms with Gasteiger partial charge in [-0.3, -0.25) is 4.79 Å². The van der Waals surface area contributed by atoms with Crippen LogP contribution >= 0.6 is 0 Å². The number of rotatable bonds is 5. The van der Waals surface area contributed by atoms with Gasteiger partial charge >= 0.3 is 0 Å². The lowest BCUT2D eigenvalue weighted by molar-refractivity contribution is -0.118. The Hall–Kier alpha value is -1.75. The lowest BCUT2D eigenvalue weighted by Crippen LogP contribution is -2.28. The van der Waals surface area contributed by atoms with Crippen molar-refractivity contribution in [3.8, 4) is 11.5 Å². The molecule has 1 rings (SSSR count). The maximum Gasteiger partial charge on any atom is 0.228 e. The van der Waals surface area contributed by atoms with E-state index in [1.165, 1.54) is 0 Å². The van der Waals surface area contributed by atoms with Crippen LogP contribution in [0.5, 0.6) is 11.5 Å². The number of hydrogen-bond acceptors (Lipinski definition) is 4. The van der Waals surface area contributed by atoms with Crippen LogP contribution in [0.4, 0.5) is 5.69 Å². The third kappa shape index (κ3) is 2.73. The molecule has 0 unspecified atom stereocenters. The normalized spacial score (nSPS) is 10.1. The first kappa shape index (κ1) is 14.3. The van der Waals surface area contributed by atoms with E-state index in [1.54, 1.807) is 32.2 Å². The number of carbonyl (C=O) groups excluding carboxylic acids is 1. The first-order valence-corrected chi connectivity index (χ1v) is 5.75. The SMILES string of the molecule is COc1ccc(N(C)C(=O)CCN)c(OC)c1C. The topological polar surface area (TPSA) is 64.8 Å². The van der Waals surface area contributed by atoms with E-state index in [0.29, 0.717) is 24.4 Å². The number of methoxy groups -OCH3 is 2. The largest absolute Gasteiger partial charge is 0.496 e. The van der Waals surface area contributed by atoms with Crippen LogP contribution in [0.25, 0.3) is 0 Å². The smallest absolute Gasteiger partial charge is 0.228 e. The van der Waals surface area contributed by atoms with Gasteiger partial charge in [0, 0.05) is 25.6 Å². The second kappa shape index (κ2) is 6.26. The summed E-state index contributed by atoms with van der Waals surface area (Å²) in [6.07, 6.45) is 0.310. The van der Waals surface area contributed by atoms with E-state index in [1.807, 2.05) is 13.0 Å². The van der Waals surface area contributed by atoms with Crippen molar-refractivity contribution in [3.05, 3.63) is 17.7 Å². The Balaban J connectivity index is 3.16. The first-order chi connectivity index (χ1) is 8.56. The van der Waals surface area contributed by atoms with Crippen molar-refractivity contribution in [2.24, 2.45) is 5.73 Å². The lowest BCUT2D eigenvalue weighted by atomic mass is 10.1. The molecule has 5 nitrogen and oxygen atoms in total. The minimum atomic E-state index is -0.0413. The second-order valence-corrected chi connectivity index (χ2v) is 3.94. The molecule has 5 heteroatoms. The minimum absolute atomic E-state index is 0.0413. The summed E-state index contributed by atoms with van der Waals surface area (Å²) >= 11 is 0. The number of hydrogen-bond donors (Lipinski definition) is 1. The van der Waals surface area contributed by atoms with Gasteiger partial charge in [-0.05, 0) is 19.1 Å². The lowest BCUT2D eigenvalue weighted by Gasteiger charge is -2.22. The molecule has 0 aromatic heterocycles. The Morgan fingerprint density at radius 2 is 2.00 bits per heavy atom. The van der Waals surface area contributed by atoms with Gasteiger partial charge in [0.25, 0.3) is 0 Å². The van der Waals surface area contributed by atoms with Crippen LogP contribution in [0, 0.1) is 6.92 Å². The van der Waals surface area contributed by atoms with Crippen LogP contribution in [-0.4, -0.2) is 33.7 Å². The van der Waals surface area contributed by atoms with Gasteiger partial charge in [0.2, 0.25) is 5.91 Å². The van der Waals surface area contributed by atoms with Crippen LogP contribution in [-0.2, 0) is 4.79 Å². The van der Waals surface area contributed by atoms with E-state index >= 15 is 0 Å². The molecule has 0 aliphatic carbocycles. The number of benzene rings is 1. The van der Waals surface area contributed by atoms with E-state index in [4.69, 9.17) is 15.2 Å². The summed E-state index contributed by atoms with van der Waals surface area (Å²) in [5.41, 5.74) is 6.98. The Kier molecular flexibility index (Phi) is 4.97. The van der Waals surface area contributed by atoms with Crippen molar-refractivity contribution in [1.29, 1.82) is 0 Å². The molecule has 2 N–H and O–H groups in total. The fourth-order valence-electron chi connectivity index (χ4n) is 1.83. The molecule has 18 heavy (non-hydrogen) atoms. The van der Waals surface area contributed by atoms with Gasteiger partial charge in [-0.25, -0.2) is 0 Å². The Bertz CT molecular complexity index is 432. The van der Waals surface area contributed by atoms with Crippen LogP contribution in [0.3, 0.4) is 0 Å². The van der Waals surface area contributed by atoms with E-state index in [-0.39, 0.29) is 5.91 Å². The van der Waals surface area contributed by atoms with Crippen molar-refractivity contribution in [3.63, 3.8) is 0 Å². The number of nitrogens with two attached hydrogens (primary N) is 1. The molecule has 1 amide bonds. The van der Waals surface area contributed by atoms with Crippen LogP contribution in [0.2, 0.25) is 0 Å². The summed E-state index contributed by atoms with van der Waals surface area (Å²) in [7, 11) is 4.89. The summed E-state index contributed by atoms with van der Waals surface area (Å²) < 4.78 is 10.6. The molecule has 100 valence electrons. The monoisotopic (exact) mass is 252 g/mol. The van der Waals surface area contributed by atoms with Crippen molar-refractivity contribution < 1.29 is 14.3 Å². The standard InChI is InChI=1S/C13H20N2O3/c1-9-11(17-3)6-5-10(13(9)18-4)15(2)12(16)7-8-14/h5-6H,7-8,14H2,1-4H3. The molecule has 1 aromatic carbocycles. The van der Waals surface area contributed by atoms with E-state index in [0.717, 1.165) is 11.3 Å². The van der Waals surface area contributed by atoms with Crippen molar-refractivity contribution in [2.45, 2.75) is 13.3 Å². The minimum Gasteiger partial charge on any atom is -0.496 e. The molecule has 0 saturated carbocycles. The van der Waals surface area contributed by atoms with Gasteiger partial charge in [0.15, 0.2) is 0 Å². The molecular formula is C13H20N2O3. The van der Waals surface area contributed by atoms with Crippen molar-refractivity contribution in [2.75, 3.05) is 32.7 Å². The molecule has 0 aliphatic heterocycles. The molecule has 0 heterocycles. The van der Waals surface area contributed by atoms with Gasteiger partial charge in [0.05, 0.1) is 19.9 Å². The predicted octanol–water partition coefficient (Wildman–Crippen LogP) is 1.32. The molecule has 0 saturated heterocycles. The van der Waals surface area contributed by atoms with Crippen molar-refractivity contribution >= 4 is 11.6 Å². The Labute approximate surface area is 107 Å². The molecule has 0 bridgehead atoms. The average Bonchev–Trinajstić information content (AvgIpc) is 2.37. The van der Waals surface area contributed by atoms with Crippen LogP contribution in [0.15, 0.2) is 12.1 Å².